The van der Waals surface area contributed by atoms with Gasteiger partial charge in [-0.3, -0.25) is 14.6 Å². The average Bonchev–Trinajstić information content (AvgIpc) is 2.33. The van der Waals surface area contributed by atoms with Crippen molar-refractivity contribution >= 4 is 5.91 Å². The molecular formula is C10H15N3O5. The van der Waals surface area contributed by atoms with Crippen LogP contribution in [-0.4, -0.2) is 47.3 Å². The van der Waals surface area contributed by atoms with E-state index in [-0.39, 0.29) is 18.8 Å². The van der Waals surface area contributed by atoms with E-state index in [1.165, 1.54) is 0 Å². The lowest BCUT2D eigenvalue weighted by atomic mass is 10.3. The summed E-state index contributed by atoms with van der Waals surface area (Å²) >= 11 is 0. The van der Waals surface area contributed by atoms with Gasteiger partial charge in [-0.05, 0) is 6.42 Å². The van der Waals surface area contributed by atoms with Crippen LogP contribution < -0.4 is 16.6 Å². The second-order valence-electron chi connectivity index (χ2n) is 3.43. The molecule has 8 nitrogen and oxygen atoms in total. The van der Waals surface area contributed by atoms with E-state index in [1.807, 2.05) is 4.98 Å². The molecule has 0 fully saturated rings. The molecule has 0 bridgehead atoms. The van der Waals surface area contributed by atoms with Crippen LogP contribution in [0.25, 0.3) is 0 Å². The summed E-state index contributed by atoms with van der Waals surface area (Å²) in [5.74, 6) is -0.561. The molecule has 8 heteroatoms. The lowest BCUT2D eigenvalue weighted by molar-refractivity contribution is 0.0867. The third-order valence-corrected chi connectivity index (χ3v) is 2.05. The molecule has 0 atom stereocenters. The minimum atomic E-state index is -0.729. The number of carbonyl (C=O) groups is 1. The maximum atomic E-state index is 11.5. The van der Waals surface area contributed by atoms with Crippen LogP contribution >= 0.6 is 0 Å². The third-order valence-electron chi connectivity index (χ3n) is 2.05. The van der Waals surface area contributed by atoms with Crippen molar-refractivity contribution in [1.29, 1.82) is 0 Å². The Kier molecular flexibility index (Phi) is 5.81. The van der Waals surface area contributed by atoms with Gasteiger partial charge in [0, 0.05) is 19.3 Å². The molecule has 1 heterocycles. The molecule has 0 aliphatic rings. The van der Waals surface area contributed by atoms with Gasteiger partial charge in [-0.25, -0.2) is 4.79 Å². The van der Waals surface area contributed by atoms with Crippen LogP contribution in [0.4, 0.5) is 0 Å². The van der Waals surface area contributed by atoms with E-state index in [9.17, 15) is 14.4 Å². The molecule has 1 aromatic rings. The highest BCUT2D eigenvalue weighted by Gasteiger charge is 2.09. The number of aliphatic hydroxyl groups excluding tert-OH is 1. The number of H-pyrrole nitrogens is 2. The smallest absolute Gasteiger partial charge is 0.325 e. The number of aliphatic hydroxyl groups is 1. The first-order valence-electron chi connectivity index (χ1n) is 5.44. The first kappa shape index (κ1) is 14.1. The fraction of sp³-hybridized carbons (Fsp3) is 0.500. The number of aromatic amines is 2. The van der Waals surface area contributed by atoms with Gasteiger partial charge in [0.05, 0.1) is 13.2 Å². The minimum absolute atomic E-state index is 0.0425. The van der Waals surface area contributed by atoms with Crippen molar-refractivity contribution in [1.82, 2.24) is 15.3 Å². The predicted molar refractivity (Wildman–Crippen MR) is 62.5 cm³/mol. The van der Waals surface area contributed by atoms with Gasteiger partial charge in [0.1, 0.15) is 5.56 Å². The summed E-state index contributed by atoms with van der Waals surface area (Å²) in [5, 5.41) is 11.0. The first-order valence-corrected chi connectivity index (χ1v) is 5.44. The molecular weight excluding hydrogens is 242 g/mol. The van der Waals surface area contributed by atoms with Gasteiger partial charge in [0.25, 0.3) is 11.5 Å². The molecule has 18 heavy (non-hydrogen) atoms. The Morgan fingerprint density at radius 1 is 1.39 bits per heavy atom. The Morgan fingerprint density at radius 2 is 2.17 bits per heavy atom. The molecule has 0 saturated carbocycles. The Morgan fingerprint density at radius 3 is 2.83 bits per heavy atom. The van der Waals surface area contributed by atoms with Crippen molar-refractivity contribution in [2.45, 2.75) is 6.42 Å². The Balaban J connectivity index is 2.37. The van der Waals surface area contributed by atoms with E-state index in [2.05, 4.69) is 10.3 Å². The van der Waals surface area contributed by atoms with Crippen molar-refractivity contribution in [3.8, 4) is 0 Å². The number of aromatic nitrogens is 2. The molecule has 1 rings (SSSR count). The molecule has 1 aromatic heterocycles. The highest BCUT2D eigenvalue weighted by molar-refractivity contribution is 5.93. The normalized spacial score (nSPS) is 10.3. The summed E-state index contributed by atoms with van der Waals surface area (Å²) in [7, 11) is 0. The molecule has 0 saturated heterocycles. The summed E-state index contributed by atoms with van der Waals surface area (Å²) in [4.78, 5) is 37.7. The van der Waals surface area contributed by atoms with E-state index in [0.29, 0.717) is 19.6 Å². The highest BCUT2D eigenvalue weighted by Crippen LogP contribution is 1.86. The van der Waals surface area contributed by atoms with E-state index < -0.39 is 17.2 Å². The number of hydrogen-bond acceptors (Lipinski definition) is 5. The maximum Gasteiger partial charge on any atom is 0.325 e. The van der Waals surface area contributed by atoms with Crippen LogP contribution in [0.1, 0.15) is 16.8 Å². The topological polar surface area (TPSA) is 124 Å². The SMILES string of the molecule is O=C(NCCCOCCO)c1c[nH]c(=O)[nH]c1=O. The quantitative estimate of drug-likeness (QED) is 0.429. The van der Waals surface area contributed by atoms with Crippen LogP contribution in [0.2, 0.25) is 0 Å². The molecule has 1 amide bonds. The summed E-state index contributed by atoms with van der Waals surface area (Å²) < 4.78 is 4.99. The van der Waals surface area contributed by atoms with E-state index in [0.717, 1.165) is 6.20 Å². The molecule has 0 aliphatic heterocycles. The summed E-state index contributed by atoms with van der Waals surface area (Å²) in [6.45, 7) is 0.957. The Hall–Kier alpha value is -1.93. The van der Waals surface area contributed by atoms with E-state index in [1.54, 1.807) is 0 Å². The van der Waals surface area contributed by atoms with Crippen LogP contribution in [-0.2, 0) is 4.74 Å². The number of ether oxygens (including phenoxy) is 1. The highest BCUT2D eigenvalue weighted by atomic mass is 16.5. The van der Waals surface area contributed by atoms with Gasteiger partial charge in [-0.15, -0.1) is 0 Å². The first-order chi connectivity index (χ1) is 8.65. The third kappa shape index (κ3) is 4.52. The van der Waals surface area contributed by atoms with Gasteiger partial charge >= 0.3 is 5.69 Å². The van der Waals surface area contributed by atoms with E-state index >= 15 is 0 Å². The fourth-order valence-electron chi connectivity index (χ4n) is 1.22. The van der Waals surface area contributed by atoms with Crippen LogP contribution in [0, 0.1) is 0 Å². The fourth-order valence-corrected chi connectivity index (χ4v) is 1.22. The summed E-state index contributed by atoms with van der Waals surface area (Å²) in [5.41, 5.74) is -1.53. The lowest BCUT2D eigenvalue weighted by Crippen LogP contribution is -2.34. The molecule has 100 valence electrons. The monoisotopic (exact) mass is 257 g/mol. The standard InChI is InChI=1S/C10H15N3O5/c14-3-5-18-4-1-2-11-8(15)7-6-12-10(17)13-9(7)16/h6,14H,1-5H2,(H,11,15)(H2,12,13,16,17). The Labute approximate surface area is 102 Å². The second kappa shape index (κ2) is 7.41. The van der Waals surface area contributed by atoms with Crippen molar-refractivity contribution in [3.63, 3.8) is 0 Å². The van der Waals surface area contributed by atoms with E-state index in [4.69, 9.17) is 9.84 Å². The maximum absolute atomic E-state index is 11.5. The summed E-state index contributed by atoms with van der Waals surface area (Å²) in [6, 6.07) is 0. The van der Waals surface area contributed by atoms with Gasteiger partial charge < -0.3 is 20.1 Å². The van der Waals surface area contributed by atoms with Crippen LogP contribution in [0.5, 0.6) is 0 Å². The molecule has 0 spiro atoms. The largest absolute Gasteiger partial charge is 0.394 e. The zero-order chi connectivity index (χ0) is 13.4. The van der Waals surface area contributed by atoms with Crippen molar-refractivity contribution in [2.24, 2.45) is 0 Å². The molecule has 0 aliphatic carbocycles. The predicted octanol–water partition coefficient (Wildman–Crippen LogP) is -1.81. The molecule has 0 unspecified atom stereocenters. The molecule has 0 aromatic carbocycles. The minimum Gasteiger partial charge on any atom is -0.394 e. The lowest BCUT2D eigenvalue weighted by Gasteiger charge is -2.04. The zero-order valence-corrected chi connectivity index (χ0v) is 9.69. The van der Waals surface area contributed by atoms with Crippen molar-refractivity contribution < 1.29 is 14.6 Å². The molecule has 0 radical (unpaired) electrons. The van der Waals surface area contributed by atoms with Gasteiger partial charge in [0.15, 0.2) is 0 Å². The number of amides is 1. The van der Waals surface area contributed by atoms with Gasteiger partial charge in [-0.2, -0.15) is 0 Å². The average molecular weight is 257 g/mol. The van der Waals surface area contributed by atoms with Gasteiger partial charge in [-0.1, -0.05) is 0 Å². The van der Waals surface area contributed by atoms with Crippen molar-refractivity contribution in [3.05, 3.63) is 32.6 Å². The Bertz CT molecular complexity index is 493. The van der Waals surface area contributed by atoms with Crippen LogP contribution in [0.3, 0.4) is 0 Å². The number of carbonyl (C=O) groups excluding carboxylic acids is 1. The van der Waals surface area contributed by atoms with Crippen LogP contribution in [0.15, 0.2) is 15.8 Å². The molecule has 4 N–H and O–H groups in total. The number of nitrogens with one attached hydrogen (secondary N) is 3. The van der Waals surface area contributed by atoms with Crippen molar-refractivity contribution in [2.75, 3.05) is 26.4 Å². The zero-order valence-electron chi connectivity index (χ0n) is 9.69. The number of rotatable bonds is 7. The van der Waals surface area contributed by atoms with Gasteiger partial charge in [0.2, 0.25) is 0 Å². The summed E-state index contributed by atoms with van der Waals surface area (Å²) in [6.07, 6.45) is 1.63. The second-order valence-corrected chi connectivity index (χ2v) is 3.43. The number of hydrogen-bond donors (Lipinski definition) is 4.